The van der Waals surface area contributed by atoms with Crippen molar-refractivity contribution in [2.45, 2.75) is 52.0 Å². The molecule has 0 heterocycles. The van der Waals surface area contributed by atoms with Gasteiger partial charge in [0.2, 0.25) is 0 Å². The Kier molecular flexibility index (Phi) is 6.87. The average Bonchev–Trinajstić information content (AvgIpc) is 2.02. The number of Topliss-reactive ketones (excluding diaryl/α,β-unsaturated/α-hetero) is 1. The highest BCUT2D eigenvalue weighted by Crippen LogP contribution is 2.09. The molecule has 0 saturated carbocycles. The Balaban J connectivity index is 3.64. The Morgan fingerprint density at radius 3 is 2.23 bits per heavy atom. The van der Waals surface area contributed by atoms with Crippen LogP contribution in [0.3, 0.4) is 0 Å². The molecule has 0 fully saturated rings. The van der Waals surface area contributed by atoms with Gasteiger partial charge in [-0.1, -0.05) is 32.6 Å². The van der Waals surface area contributed by atoms with E-state index in [-0.39, 0.29) is 6.04 Å². The van der Waals surface area contributed by atoms with Gasteiger partial charge in [-0.15, -0.1) is 0 Å². The predicted octanol–water partition coefficient (Wildman–Crippen LogP) is 2.48. The highest BCUT2D eigenvalue weighted by atomic mass is 16.1. The second kappa shape index (κ2) is 7.07. The fraction of sp³-hybridized carbons (Fsp3) is 0.909. The van der Waals surface area contributed by atoms with Gasteiger partial charge in [0, 0.05) is 0 Å². The van der Waals surface area contributed by atoms with Crippen LogP contribution in [-0.4, -0.2) is 30.8 Å². The second-order valence-electron chi connectivity index (χ2n) is 3.94. The van der Waals surface area contributed by atoms with Gasteiger partial charge in [0.1, 0.15) is 5.78 Å². The molecule has 78 valence electrons. The number of hydrogen-bond donors (Lipinski definition) is 0. The monoisotopic (exact) mass is 185 g/mol. The lowest BCUT2D eigenvalue weighted by atomic mass is 10.0. The summed E-state index contributed by atoms with van der Waals surface area (Å²) in [6.07, 6.45) is 6.00. The number of rotatable bonds is 7. The van der Waals surface area contributed by atoms with Crippen LogP contribution in [0.2, 0.25) is 0 Å². The van der Waals surface area contributed by atoms with Gasteiger partial charge < -0.3 is 0 Å². The van der Waals surface area contributed by atoms with Gasteiger partial charge >= 0.3 is 0 Å². The molecule has 0 aliphatic carbocycles. The SMILES string of the molecule is CCCCCCC(C(C)=O)N(C)C. The van der Waals surface area contributed by atoms with E-state index in [1.54, 1.807) is 6.92 Å². The summed E-state index contributed by atoms with van der Waals surface area (Å²) in [5.41, 5.74) is 0. The number of carbonyl (C=O) groups is 1. The van der Waals surface area contributed by atoms with E-state index < -0.39 is 0 Å². The molecule has 0 aromatic carbocycles. The molecular weight excluding hydrogens is 162 g/mol. The first kappa shape index (κ1) is 12.6. The molecule has 0 N–H and O–H groups in total. The van der Waals surface area contributed by atoms with Crippen molar-refractivity contribution in [3.8, 4) is 0 Å². The maximum atomic E-state index is 11.2. The summed E-state index contributed by atoms with van der Waals surface area (Å²) in [4.78, 5) is 13.2. The van der Waals surface area contributed by atoms with E-state index in [0.717, 1.165) is 6.42 Å². The summed E-state index contributed by atoms with van der Waals surface area (Å²) in [6, 6.07) is 0.136. The van der Waals surface area contributed by atoms with Crippen LogP contribution in [0, 0.1) is 0 Å². The van der Waals surface area contributed by atoms with Crippen LogP contribution in [-0.2, 0) is 4.79 Å². The van der Waals surface area contributed by atoms with Crippen molar-refractivity contribution in [3.63, 3.8) is 0 Å². The van der Waals surface area contributed by atoms with Gasteiger partial charge in [0.15, 0.2) is 0 Å². The molecule has 0 radical (unpaired) electrons. The number of carbonyl (C=O) groups excluding carboxylic acids is 1. The molecule has 0 rings (SSSR count). The zero-order chi connectivity index (χ0) is 10.3. The topological polar surface area (TPSA) is 20.3 Å². The fourth-order valence-electron chi connectivity index (χ4n) is 1.59. The van der Waals surface area contributed by atoms with Gasteiger partial charge in [-0.05, 0) is 27.4 Å². The van der Waals surface area contributed by atoms with Crippen LogP contribution in [0.15, 0.2) is 0 Å². The first-order valence-corrected chi connectivity index (χ1v) is 5.26. The molecule has 0 bridgehead atoms. The summed E-state index contributed by atoms with van der Waals surface area (Å²) >= 11 is 0. The van der Waals surface area contributed by atoms with Crippen molar-refractivity contribution in [1.82, 2.24) is 4.90 Å². The van der Waals surface area contributed by atoms with E-state index in [0.29, 0.717) is 5.78 Å². The zero-order valence-electron chi connectivity index (χ0n) is 9.47. The number of unbranched alkanes of at least 4 members (excludes halogenated alkanes) is 3. The van der Waals surface area contributed by atoms with Gasteiger partial charge in [-0.2, -0.15) is 0 Å². The van der Waals surface area contributed by atoms with E-state index in [9.17, 15) is 4.79 Å². The van der Waals surface area contributed by atoms with E-state index >= 15 is 0 Å². The number of hydrogen-bond acceptors (Lipinski definition) is 2. The van der Waals surface area contributed by atoms with Crippen LogP contribution in [0.25, 0.3) is 0 Å². The minimum atomic E-state index is 0.136. The third-order valence-electron chi connectivity index (χ3n) is 2.42. The third kappa shape index (κ3) is 5.81. The number of likely N-dealkylation sites (N-methyl/N-ethyl adjacent to an activating group) is 1. The Morgan fingerprint density at radius 1 is 1.23 bits per heavy atom. The van der Waals surface area contributed by atoms with Crippen molar-refractivity contribution >= 4 is 5.78 Å². The van der Waals surface area contributed by atoms with Gasteiger partial charge in [0.25, 0.3) is 0 Å². The minimum absolute atomic E-state index is 0.136. The number of nitrogens with zero attached hydrogens (tertiary/aromatic N) is 1. The van der Waals surface area contributed by atoms with Crippen molar-refractivity contribution in [2.24, 2.45) is 0 Å². The molecule has 2 nitrogen and oxygen atoms in total. The standard InChI is InChI=1S/C11H23NO/c1-5-6-7-8-9-11(10(2)13)12(3)4/h11H,5-9H2,1-4H3. The second-order valence-corrected chi connectivity index (χ2v) is 3.94. The quantitative estimate of drug-likeness (QED) is 0.568. The van der Waals surface area contributed by atoms with Crippen LogP contribution in [0.4, 0.5) is 0 Å². The Bertz CT molecular complexity index is 143. The van der Waals surface area contributed by atoms with Crippen molar-refractivity contribution in [3.05, 3.63) is 0 Å². The van der Waals surface area contributed by atoms with Crippen molar-refractivity contribution in [2.75, 3.05) is 14.1 Å². The molecule has 0 amide bonds. The summed E-state index contributed by atoms with van der Waals surface area (Å²) in [5, 5.41) is 0. The Hall–Kier alpha value is -0.370. The highest BCUT2D eigenvalue weighted by molar-refractivity contribution is 5.81. The van der Waals surface area contributed by atoms with E-state index in [1.165, 1.54) is 25.7 Å². The maximum absolute atomic E-state index is 11.2. The Labute approximate surface area is 82.3 Å². The van der Waals surface area contributed by atoms with Gasteiger partial charge in [-0.3, -0.25) is 9.69 Å². The van der Waals surface area contributed by atoms with E-state index in [2.05, 4.69) is 6.92 Å². The molecule has 0 saturated heterocycles. The molecular formula is C11H23NO. The normalized spacial score (nSPS) is 13.3. The smallest absolute Gasteiger partial charge is 0.146 e. The van der Waals surface area contributed by atoms with Gasteiger partial charge in [-0.25, -0.2) is 0 Å². The minimum Gasteiger partial charge on any atom is -0.300 e. The molecule has 1 atom stereocenters. The van der Waals surface area contributed by atoms with E-state index in [1.807, 2.05) is 19.0 Å². The van der Waals surface area contributed by atoms with Crippen molar-refractivity contribution < 1.29 is 4.79 Å². The van der Waals surface area contributed by atoms with Crippen LogP contribution < -0.4 is 0 Å². The summed E-state index contributed by atoms with van der Waals surface area (Å²) < 4.78 is 0. The molecule has 0 aromatic rings. The maximum Gasteiger partial charge on any atom is 0.146 e. The fourth-order valence-corrected chi connectivity index (χ4v) is 1.59. The summed E-state index contributed by atoms with van der Waals surface area (Å²) in [5.74, 6) is 0.293. The first-order valence-electron chi connectivity index (χ1n) is 5.26. The number of ketones is 1. The molecule has 0 aliphatic rings. The van der Waals surface area contributed by atoms with Gasteiger partial charge in [0.05, 0.1) is 6.04 Å². The molecule has 2 heteroatoms. The largest absolute Gasteiger partial charge is 0.300 e. The van der Waals surface area contributed by atoms with E-state index in [4.69, 9.17) is 0 Å². The lowest BCUT2D eigenvalue weighted by Gasteiger charge is -2.21. The lowest BCUT2D eigenvalue weighted by molar-refractivity contribution is -0.121. The average molecular weight is 185 g/mol. The molecule has 0 aliphatic heterocycles. The first-order chi connectivity index (χ1) is 6.09. The summed E-state index contributed by atoms with van der Waals surface area (Å²) in [6.45, 7) is 3.89. The third-order valence-corrected chi connectivity index (χ3v) is 2.42. The van der Waals surface area contributed by atoms with Crippen LogP contribution >= 0.6 is 0 Å². The van der Waals surface area contributed by atoms with Crippen molar-refractivity contribution in [1.29, 1.82) is 0 Å². The molecule has 13 heavy (non-hydrogen) atoms. The molecule has 0 spiro atoms. The molecule has 1 unspecified atom stereocenters. The summed E-state index contributed by atoms with van der Waals surface area (Å²) in [7, 11) is 3.96. The zero-order valence-corrected chi connectivity index (χ0v) is 9.47. The van der Waals surface area contributed by atoms with Crippen LogP contribution in [0.1, 0.15) is 46.0 Å². The lowest BCUT2D eigenvalue weighted by Crippen LogP contribution is -2.34. The predicted molar refractivity (Wildman–Crippen MR) is 56.9 cm³/mol. The molecule has 0 aromatic heterocycles. The highest BCUT2D eigenvalue weighted by Gasteiger charge is 2.15. The van der Waals surface area contributed by atoms with Crippen LogP contribution in [0.5, 0.6) is 0 Å². The Morgan fingerprint density at radius 2 is 1.85 bits per heavy atom.